The molecule has 2 aromatic rings. The van der Waals surface area contributed by atoms with Crippen LogP contribution in [0, 0.1) is 6.92 Å². The van der Waals surface area contributed by atoms with Crippen LogP contribution in [0.25, 0.3) is 11.1 Å². The molecular formula is C14H20N2O. The van der Waals surface area contributed by atoms with Crippen molar-refractivity contribution in [1.29, 1.82) is 0 Å². The zero-order valence-corrected chi connectivity index (χ0v) is 10.8. The van der Waals surface area contributed by atoms with Gasteiger partial charge in [-0.25, -0.2) is 4.98 Å². The molecular weight excluding hydrogens is 212 g/mol. The van der Waals surface area contributed by atoms with E-state index >= 15 is 0 Å². The van der Waals surface area contributed by atoms with Crippen LogP contribution in [0.1, 0.15) is 39.0 Å². The van der Waals surface area contributed by atoms with Gasteiger partial charge in [-0.3, -0.25) is 0 Å². The van der Waals surface area contributed by atoms with E-state index in [1.54, 1.807) is 0 Å². The molecule has 0 saturated carbocycles. The van der Waals surface area contributed by atoms with Crippen LogP contribution in [-0.4, -0.2) is 11.0 Å². The predicted octanol–water partition coefficient (Wildman–Crippen LogP) is 4.13. The van der Waals surface area contributed by atoms with Gasteiger partial charge in [0.2, 0.25) is 0 Å². The molecule has 1 heterocycles. The van der Waals surface area contributed by atoms with Gasteiger partial charge in [0.25, 0.3) is 0 Å². The van der Waals surface area contributed by atoms with Gasteiger partial charge in [0, 0.05) is 18.7 Å². The lowest BCUT2D eigenvalue weighted by atomic mass is 10.1. The van der Waals surface area contributed by atoms with E-state index in [9.17, 15) is 0 Å². The number of fused-ring (bicyclic) bond motifs is 1. The van der Waals surface area contributed by atoms with Crippen molar-refractivity contribution < 1.29 is 4.42 Å². The molecule has 1 unspecified atom stereocenters. The van der Waals surface area contributed by atoms with Crippen LogP contribution in [0.5, 0.6) is 0 Å². The zero-order chi connectivity index (χ0) is 12.3. The van der Waals surface area contributed by atoms with Crippen molar-refractivity contribution >= 4 is 16.8 Å². The Labute approximate surface area is 102 Å². The van der Waals surface area contributed by atoms with Gasteiger partial charge in [-0.2, -0.15) is 0 Å². The third-order valence-corrected chi connectivity index (χ3v) is 3.00. The number of hydrogen-bond donors (Lipinski definition) is 1. The van der Waals surface area contributed by atoms with Crippen molar-refractivity contribution in [3.63, 3.8) is 0 Å². The summed E-state index contributed by atoms with van der Waals surface area (Å²) in [5.74, 6) is 0.720. The molecule has 17 heavy (non-hydrogen) atoms. The first-order valence-corrected chi connectivity index (χ1v) is 6.36. The molecule has 1 atom stereocenters. The second-order valence-electron chi connectivity index (χ2n) is 4.45. The fourth-order valence-electron chi connectivity index (χ4n) is 2.09. The summed E-state index contributed by atoms with van der Waals surface area (Å²) in [6.45, 7) is 6.31. The summed E-state index contributed by atoms with van der Waals surface area (Å²) < 4.78 is 5.46. The summed E-state index contributed by atoms with van der Waals surface area (Å²) in [7, 11) is 0. The summed E-state index contributed by atoms with van der Waals surface area (Å²) >= 11 is 0. The minimum Gasteiger partial charge on any atom is -0.441 e. The van der Waals surface area contributed by atoms with E-state index in [2.05, 4.69) is 36.3 Å². The summed E-state index contributed by atoms with van der Waals surface area (Å²) in [5, 5.41) is 3.55. The second kappa shape index (κ2) is 5.21. The molecule has 0 saturated heterocycles. The van der Waals surface area contributed by atoms with Crippen molar-refractivity contribution in [3.05, 3.63) is 24.1 Å². The van der Waals surface area contributed by atoms with E-state index < -0.39 is 0 Å². The number of anilines is 1. The second-order valence-corrected chi connectivity index (χ2v) is 4.45. The van der Waals surface area contributed by atoms with Crippen molar-refractivity contribution in [3.8, 4) is 0 Å². The Morgan fingerprint density at radius 2 is 2.18 bits per heavy atom. The highest BCUT2D eigenvalue weighted by Crippen LogP contribution is 2.21. The normalized spacial score (nSPS) is 12.9. The highest BCUT2D eigenvalue weighted by molar-refractivity contribution is 5.77. The number of oxazole rings is 1. The first-order chi connectivity index (χ1) is 8.22. The van der Waals surface area contributed by atoms with E-state index in [1.807, 2.05) is 13.0 Å². The number of aromatic nitrogens is 1. The van der Waals surface area contributed by atoms with E-state index in [0.717, 1.165) is 29.1 Å². The molecule has 3 heteroatoms. The summed E-state index contributed by atoms with van der Waals surface area (Å²) in [5.41, 5.74) is 2.92. The highest BCUT2D eigenvalue weighted by atomic mass is 16.3. The highest BCUT2D eigenvalue weighted by Gasteiger charge is 2.07. The molecule has 0 bridgehead atoms. The van der Waals surface area contributed by atoms with Gasteiger partial charge >= 0.3 is 0 Å². The predicted molar refractivity (Wildman–Crippen MR) is 71.4 cm³/mol. The van der Waals surface area contributed by atoms with Gasteiger partial charge in [0.1, 0.15) is 5.52 Å². The average molecular weight is 232 g/mol. The Morgan fingerprint density at radius 3 is 2.88 bits per heavy atom. The fraction of sp³-hybridized carbons (Fsp3) is 0.500. The fourth-order valence-corrected chi connectivity index (χ4v) is 2.09. The smallest absolute Gasteiger partial charge is 0.192 e. The molecule has 92 valence electrons. The lowest BCUT2D eigenvalue weighted by Gasteiger charge is -2.17. The van der Waals surface area contributed by atoms with Gasteiger partial charge < -0.3 is 9.73 Å². The molecule has 0 amide bonds. The number of nitrogens with zero attached hydrogens (tertiary/aromatic N) is 1. The SMILES string of the molecule is CCCC(CC)Nc1ccc2oc(C)nc2c1. The van der Waals surface area contributed by atoms with Crippen molar-refractivity contribution in [2.75, 3.05) is 5.32 Å². The first kappa shape index (κ1) is 12.0. The van der Waals surface area contributed by atoms with Crippen molar-refractivity contribution in [1.82, 2.24) is 4.98 Å². The zero-order valence-electron chi connectivity index (χ0n) is 10.8. The quantitative estimate of drug-likeness (QED) is 0.842. The minimum atomic E-state index is 0.547. The molecule has 0 aliphatic carbocycles. The molecule has 1 aromatic heterocycles. The monoisotopic (exact) mass is 232 g/mol. The van der Waals surface area contributed by atoms with Gasteiger partial charge in [-0.05, 0) is 31.0 Å². The summed E-state index contributed by atoms with van der Waals surface area (Å²) in [6.07, 6.45) is 3.55. The maximum Gasteiger partial charge on any atom is 0.192 e. The third kappa shape index (κ3) is 2.78. The Kier molecular flexibility index (Phi) is 3.67. The molecule has 2 rings (SSSR count). The number of aryl methyl sites for hydroxylation is 1. The van der Waals surface area contributed by atoms with E-state index in [4.69, 9.17) is 4.42 Å². The Bertz CT molecular complexity index is 490. The Hall–Kier alpha value is -1.51. The third-order valence-electron chi connectivity index (χ3n) is 3.00. The minimum absolute atomic E-state index is 0.547. The van der Waals surface area contributed by atoms with Crippen LogP contribution in [0.4, 0.5) is 5.69 Å². The lowest BCUT2D eigenvalue weighted by molar-refractivity contribution is 0.561. The van der Waals surface area contributed by atoms with Crippen LogP contribution in [0.2, 0.25) is 0 Å². The molecule has 0 aliphatic rings. The Morgan fingerprint density at radius 1 is 1.35 bits per heavy atom. The number of hydrogen-bond acceptors (Lipinski definition) is 3. The van der Waals surface area contributed by atoms with Crippen molar-refractivity contribution in [2.45, 2.75) is 46.1 Å². The van der Waals surface area contributed by atoms with Gasteiger partial charge in [0.05, 0.1) is 0 Å². The van der Waals surface area contributed by atoms with Crippen LogP contribution in [0.3, 0.4) is 0 Å². The molecule has 0 spiro atoms. The van der Waals surface area contributed by atoms with E-state index in [-0.39, 0.29) is 0 Å². The molecule has 3 nitrogen and oxygen atoms in total. The molecule has 0 aliphatic heterocycles. The maximum atomic E-state index is 5.46. The number of nitrogens with one attached hydrogen (secondary N) is 1. The first-order valence-electron chi connectivity index (χ1n) is 6.36. The summed E-state index contributed by atoms with van der Waals surface area (Å²) in [6, 6.07) is 6.65. The van der Waals surface area contributed by atoms with Gasteiger partial charge in [-0.15, -0.1) is 0 Å². The van der Waals surface area contributed by atoms with Crippen LogP contribution in [-0.2, 0) is 0 Å². The molecule has 0 fully saturated rings. The van der Waals surface area contributed by atoms with Gasteiger partial charge in [0.15, 0.2) is 11.5 Å². The van der Waals surface area contributed by atoms with Gasteiger partial charge in [-0.1, -0.05) is 20.3 Å². The van der Waals surface area contributed by atoms with Crippen LogP contribution >= 0.6 is 0 Å². The molecule has 1 aromatic carbocycles. The average Bonchev–Trinajstić information content (AvgIpc) is 2.68. The van der Waals surface area contributed by atoms with E-state index in [0.29, 0.717) is 6.04 Å². The number of rotatable bonds is 5. The summed E-state index contributed by atoms with van der Waals surface area (Å²) in [4.78, 5) is 4.35. The largest absolute Gasteiger partial charge is 0.441 e. The topological polar surface area (TPSA) is 38.1 Å². The standard InChI is InChI=1S/C14H20N2O/c1-4-6-11(5-2)16-12-7-8-14-13(9-12)15-10(3)17-14/h7-9,11,16H,4-6H2,1-3H3. The lowest BCUT2D eigenvalue weighted by Crippen LogP contribution is -2.17. The number of benzene rings is 1. The molecule has 1 N–H and O–H groups in total. The maximum absolute atomic E-state index is 5.46. The van der Waals surface area contributed by atoms with Crippen LogP contribution in [0.15, 0.2) is 22.6 Å². The molecule has 0 radical (unpaired) electrons. The van der Waals surface area contributed by atoms with E-state index in [1.165, 1.54) is 12.8 Å². The Balaban J connectivity index is 2.17. The van der Waals surface area contributed by atoms with Crippen molar-refractivity contribution in [2.24, 2.45) is 0 Å². The van der Waals surface area contributed by atoms with Crippen LogP contribution < -0.4 is 5.32 Å².